The Hall–Kier alpha value is -1.49. The van der Waals surface area contributed by atoms with Gasteiger partial charge in [-0.2, -0.15) is 12.6 Å². The van der Waals surface area contributed by atoms with Gasteiger partial charge in [-0.05, 0) is 24.2 Å². The molecule has 1 unspecified atom stereocenters. The van der Waals surface area contributed by atoms with E-state index >= 15 is 0 Å². The Labute approximate surface area is 118 Å². The second-order valence-electron chi connectivity index (χ2n) is 4.28. The molecule has 0 fully saturated rings. The first-order valence-electron chi connectivity index (χ1n) is 6.29. The predicted molar refractivity (Wildman–Crippen MR) is 77.5 cm³/mol. The van der Waals surface area contributed by atoms with Crippen LogP contribution >= 0.6 is 12.6 Å². The molecule has 0 aliphatic carbocycles. The summed E-state index contributed by atoms with van der Waals surface area (Å²) in [6, 6.07) is 8.50. The minimum Gasteiger partial charge on any atom is -0.480 e. The van der Waals surface area contributed by atoms with Crippen LogP contribution in [-0.4, -0.2) is 28.8 Å². The van der Waals surface area contributed by atoms with Crippen molar-refractivity contribution < 1.29 is 14.7 Å². The lowest BCUT2D eigenvalue weighted by Crippen LogP contribution is -2.43. The molecule has 0 radical (unpaired) electrons. The number of hydrogen-bond donors (Lipinski definition) is 3. The third kappa shape index (κ3) is 4.59. The summed E-state index contributed by atoms with van der Waals surface area (Å²) in [4.78, 5) is 23.2. The first-order valence-corrected chi connectivity index (χ1v) is 6.92. The van der Waals surface area contributed by atoms with Crippen molar-refractivity contribution in [1.29, 1.82) is 0 Å². The van der Waals surface area contributed by atoms with Gasteiger partial charge in [-0.15, -0.1) is 0 Å². The van der Waals surface area contributed by atoms with Gasteiger partial charge in [0.25, 0.3) is 0 Å². The Morgan fingerprint density at radius 3 is 2.42 bits per heavy atom. The lowest BCUT2D eigenvalue weighted by Gasteiger charge is -2.19. The summed E-state index contributed by atoms with van der Waals surface area (Å²) in [5, 5.41) is 11.6. The molecule has 19 heavy (non-hydrogen) atoms. The standard InChI is InChI=1S/C14H19NO3S/c1-2-11(10-6-4-3-5-7-10)13(16)15-12(8-9-19)14(17)18/h3-7,11-12,19H,2,8-9H2,1H3,(H,15,16)(H,17,18)/t11?,12-/m0/s1. The molecule has 2 atom stereocenters. The SMILES string of the molecule is CCC(C(=O)N[C@@H](CCS)C(=O)O)c1ccccc1. The zero-order valence-electron chi connectivity index (χ0n) is 10.9. The second-order valence-corrected chi connectivity index (χ2v) is 4.73. The summed E-state index contributed by atoms with van der Waals surface area (Å²) in [6.07, 6.45) is 0.943. The van der Waals surface area contributed by atoms with Crippen LogP contribution in [-0.2, 0) is 9.59 Å². The van der Waals surface area contributed by atoms with Crippen LogP contribution in [0, 0.1) is 0 Å². The van der Waals surface area contributed by atoms with Gasteiger partial charge in [0.1, 0.15) is 6.04 Å². The highest BCUT2D eigenvalue weighted by atomic mass is 32.1. The summed E-state index contributed by atoms with van der Waals surface area (Å²) in [5.74, 6) is -1.17. The summed E-state index contributed by atoms with van der Waals surface area (Å²) < 4.78 is 0. The van der Waals surface area contributed by atoms with Gasteiger partial charge in [-0.1, -0.05) is 37.3 Å². The third-order valence-corrected chi connectivity index (χ3v) is 3.22. The number of thiol groups is 1. The fraction of sp³-hybridized carbons (Fsp3) is 0.429. The van der Waals surface area contributed by atoms with Gasteiger partial charge < -0.3 is 10.4 Å². The van der Waals surface area contributed by atoms with Crippen LogP contribution in [0.2, 0.25) is 0 Å². The average Bonchev–Trinajstić information content (AvgIpc) is 2.40. The number of rotatable bonds is 7. The molecule has 0 heterocycles. The molecule has 0 aromatic heterocycles. The second kappa shape index (κ2) is 7.84. The fourth-order valence-electron chi connectivity index (χ4n) is 1.92. The molecule has 0 aliphatic heterocycles. The van der Waals surface area contributed by atoms with Crippen molar-refractivity contribution in [1.82, 2.24) is 5.32 Å². The van der Waals surface area contributed by atoms with Crippen LogP contribution in [0.5, 0.6) is 0 Å². The first-order chi connectivity index (χ1) is 9.10. The summed E-state index contributed by atoms with van der Waals surface area (Å²) in [6.45, 7) is 1.91. The molecule has 1 aromatic carbocycles. The van der Waals surface area contributed by atoms with E-state index in [-0.39, 0.29) is 11.8 Å². The monoisotopic (exact) mass is 281 g/mol. The zero-order chi connectivity index (χ0) is 14.3. The number of aliphatic carboxylic acids is 1. The molecule has 2 N–H and O–H groups in total. The number of carbonyl (C=O) groups is 2. The normalized spacial score (nSPS) is 13.6. The maximum absolute atomic E-state index is 12.2. The molecule has 0 saturated heterocycles. The maximum Gasteiger partial charge on any atom is 0.326 e. The Morgan fingerprint density at radius 2 is 1.95 bits per heavy atom. The fourth-order valence-corrected chi connectivity index (χ4v) is 2.17. The van der Waals surface area contributed by atoms with Crippen molar-refractivity contribution in [2.24, 2.45) is 0 Å². The minimum atomic E-state index is -1.02. The maximum atomic E-state index is 12.2. The Morgan fingerprint density at radius 1 is 1.32 bits per heavy atom. The molecule has 4 nitrogen and oxygen atoms in total. The van der Waals surface area contributed by atoms with Gasteiger partial charge in [-0.25, -0.2) is 4.79 Å². The van der Waals surface area contributed by atoms with Crippen LogP contribution < -0.4 is 5.32 Å². The topological polar surface area (TPSA) is 66.4 Å². The largest absolute Gasteiger partial charge is 0.480 e. The lowest BCUT2D eigenvalue weighted by atomic mass is 9.95. The van der Waals surface area contributed by atoms with E-state index in [4.69, 9.17) is 5.11 Å². The highest BCUT2D eigenvalue weighted by Crippen LogP contribution is 2.19. The van der Waals surface area contributed by atoms with Crippen molar-refractivity contribution >= 4 is 24.5 Å². The minimum absolute atomic E-state index is 0.247. The van der Waals surface area contributed by atoms with Crippen molar-refractivity contribution in [3.8, 4) is 0 Å². The highest BCUT2D eigenvalue weighted by molar-refractivity contribution is 7.80. The first kappa shape index (κ1) is 15.6. The molecular weight excluding hydrogens is 262 g/mol. The number of carboxylic acids is 1. The summed E-state index contributed by atoms with van der Waals surface area (Å²) in [7, 11) is 0. The van der Waals surface area contributed by atoms with Crippen LogP contribution in [0.3, 0.4) is 0 Å². The van der Waals surface area contributed by atoms with E-state index < -0.39 is 12.0 Å². The van der Waals surface area contributed by atoms with E-state index in [1.54, 1.807) is 0 Å². The molecule has 104 valence electrons. The Balaban J connectivity index is 2.76. The van der Waals surface area contributed by atoms with Gasteiger partial charge in [0.2, 0.25) is 5.91 Å². The molecule has 5 heteroatoms. The number of hydrogen-bond acceptors (Lipinski definition) is 3. The van der Waals surface area contributed by atoms with Gasteiger partial charge >= 0.3 is 5.97 Å². The van der Waals surface area contributed by atoms with Crippen molar-refractivity contribution in [2.45, 2.75) is 31.7 Å². The molecule has 0 bridgehead atoms. The van der Waals surface area contributed by atoms with Gasteiger partial charge in [0.15, 0.2) is 0 Å². The number of nitrogens with one attached hydrogen (secondary N) is 1. The van der Waals surface area contributed by atoms with E-state index in [9.17, 15) is 9.59 Å². The van der Waals surface area contributed by atoms with Crippen molar-refractivity contribution in [2.75, 3.05) is 5.75 Å². The van der Waals surface area contributed by atoms with Crippen molar-refractivity contribution in [3.63, 3.8) is 0 Å². The lowest BCUT2D eigenvalue weighted by molar-refractivity contribution is -0.142. The van der Waals surface area contributed by atoms with E-state index in [0.29, 0.717) is 18.6 Å². The quantitative estimate of drug-likeness (QED) is 0.670. The molecule has 0 saturated carbocycles. The number of benzene rings is 1. The zero-order valence-corrected chi connectivity index (χ0v) is 11.8. The summed E-state index contributed by atoms with van der Waals surface area (Å²) in [5.41, 5.74) is 0.900. The van der Waals surface area contributed by atoms with Gasteiger partial charge in [-0.3, -0.25) is 4.79 Å². The van der Waals surface area contributed by atoms with E-state index in [2.05, 4.69) is 17.9 Å². The Kier molecular flexibility index (Phi) is 6.42. The summed E-state index contributed by atoms with van der Waals surface area (Å²) >= 11 is 4.01. The van der Waals surface area contributed by atoms with E-state index in [1.807, 2.05) is 37.3 Å². The van der Waals surface area contributed by atoms with Crippen LogP contribution in [0.25, 0.3) is 0 Å². The predicted octanol–water partition coefficient (Wildman–Crippen LogP) is 2.07. The molecule has 1 aromatic rings. The van der Waals surface area contributed by atoms with Crippen LogP contribution in [0.15, 0.2) is 30.3 Å². The van der Waals surface area contributed by atoms with E-state index in [0.717, 1.165) is 5.56 Å². The molecular formula is C14H19NO3S. The molecule has 0 aliphatic rings. The highest BCUT2D eigenvalue weighted by Gasteiger charge is 2.24. The van der Waals surface area contributed by atoms with Crippen molar-refractivity contribution in [3.05, 3.63) is 35.9 Å². The van der Waals surface area contributed by atoms with E-state index in [1.165, 1.54) is 0 Å². The third-order valence-electron chi connectivity index (χ3n) is 2.96. The number of amides is 1. The molecule has 1 rings (SSSR count). The van der Waals surface area contributed by atoms with Crippen LogP contribution in [0.1, 0.15) is 31.2 Å². The molecule has 1 amide bonds. The Bertz CT molecular complexity index is 422. The number of carboxylic acid groups (broad SMARTS) is 1. The smallest absolute Gasteiger partial charge is 0.326 e. The van der Waals surface area contributed by atoms with Gasteiger partial charge in [0.05, 0.1) is 5.92 Å². The van der Waals surface area contributed by atoms with Crippen LogP contribution in [0.4, 0.5) is 0 Å². The van der Waals surface area contributed by atoms with Gasteiger partial charge in [0, 0.05) is 0 Å². The number of carbonyl (C=O) groups excluding carboxylic acids is 1. The molecule has 0 spiro atoms. The average molecular weight is 281 g/mol.